The zero-order chi connectivity index (χ0) is 17.8. The molecule has 0 bridgehead atoms. The van der Waals surface area contributed by atoms with Crippen LogP contribution >= 0.6 is 0 Å². The minimum absolute atomic E-state index is 0.452. The minimum atomic E-state index is -0.452. The molecule has 2 heteroatoms. The van der Waals surface area contributed by atoms with Crippen molar-refractivity contribution in [3.63, 3.8) is 0 Å². The largest absolute Gasteiger partial charge is 0.262 e. The van der Waals surface area contributed by atoms with Crippen LogP contribution in [0.5, 0.6) is 0 Å². The number of hydrogen-bond acceptors (Lipinski definition) is 0. The first kappa shape index (κ1) is 24.1. The Kier molecular flexibility index (Phi) is 14.9. The summed E-state index contributed by atoms with van der Waals surface area (Å²) >= 11 is -0.905. The fraction of sp³-hybridized carbons (Fsp3) is 1.00. The third kappa shape index (κ3) is 16.3. The molecule has 0 fully saturated rings. The summed E-state index contributed by atoms with van der Waals surface area (Å²) in [6.45, 7) is 19.4. The van der Waals surface area contributed by atoms with E-state index in [1.807, 2.05) is 0 Å². The maximum atomic E-state index is 2.42. The van der Waals surface area contributed by atoms with Gasteiger partial charge in [0, 0.05) is 0 Å². The van der Waals surface area contributed by atoms with E-state index in [2.05, 4.69) is 55.4 Å². The Labute approximate surface area is 158 Å². The van der Waals surface area contributed by atoms with Gasteiger partial charge in [0.25, 0.3) is 28.3 Å². The maximum absolute atomic E-state index is 2.42. The van der Waals surface area contributed by atoms with Crippen LogP contribution in [0.25, 0.3) is 0 Å². The zero-order valence-electron chi connectivity index (χ0n) is 17.8. The molecular formula is C21H46Al2. The lowest BCUT2D eigenvalue weighted by atomic mass is 10.2. The number of rotatable bonds is 14. The number of hydrogen-bond donors (Lipinski definition) is 0. The molecule has 136 valence electrons. The van der Waals surface area contributed by atoms with Gasteiger partial charge in [0.05, 0.1) is 0 Å². The number of unbranched alkanes of at least 4 members (excludes halogenated alkanes) is 2. The van der Waals surface area contributed by atoms with Crippen molar-refractivity contribution >= 4 is 28.3 Å². The second kappa shape index (κ2) is 14.3. The summed E-state index contributed by atoms with van der Waals surface area (Å²) < 4.78 is 0. The van der Waals surface area contributed by atoms with Gasteiger partial charge in [-0.2, -0.15) is 0 Å². The Morgan fingerprint density at radius 1 is 0.435 bits per heavy atom. The second-order valence-corrected chi connectivity index (χ2v) is 16.4. The van der Waals surface area contributed by atoms with E-state index in [0.29, 0.717) is 0 Å². The molecule has 0 aliphatic rings. The van der Waals surface area contributed by atoms with Crippen molar-refractivity contribution in [1.82, 2.24) is 0 Å². The van der Waals surface area contributed by atoms with Gasteiger partial charge in [0.2, 0.25) is 0 Å². The first-order valence-electron chi connectivity index (χ1n) is 10.7. The van der Waals surface area contributed by atoms with Crippen LogP contribution in [0.4, 0.5) is 0 Å². The normalized spacial score (nSPS) is 12.0. The van der Waals surface area contributed by atoms with Gasteiger partial charge in [0.15, 0.2) is 0 Å². The van der Waals surface area contributed by atoms with Crippen LogP contribution in [-0.4, -0.2) is 28.3 Å². The molecule has 0 rings (SSSR count). The van der Waals surface area contributed by atoms with E-state index >= 15 is 0 Å². The van der Waals surface area contributed by atoms with E-state index in [-0.39, 0.29) is 0 Å². The van der Waals surface area contributed by atoms with Gasteiger partial charge >= 0.3 is 0 Å². The Morgan fingerprint density at radius 3 is 0.913 bits per heavy atom. The minimum Gasteiger partial charge on any atom is -0.0938 e. The van der Waals surface area contributed by atoms with Crippen molar-refractivity contribution < 1.29 is 0 Å². The Morgan fingerprint density at radius 2 is 0.696 bits per heavy atom. The molecule has 0 atom stereocenters. The predicted octanol–water partition coefficient (Wildman–Crippen LogP) is 7.77. The van der Waals surface area contributed by atoms with Gasteiger partial charge in [-0.25, -0.2) is 0 Å². The van der Waals surface area contributed by atoms with Crippen molar-refractivity contribution in [2.75, 3.05) is 0 Å². The van der Waals surface area contributed by atoms with Gasteiger partial charge in [-0.3, -0.25) is 0 Å². The molecule has 23 heavy (non-hydrogen) atoms. The van der Waals surface area contributed by atoms with E-state index in [1.54, 1.807) is 44.5 Å². The molecular weight excluding hydrogens is 306 g/mol. The summed E-state index contributed by atoms with van der Waals surface area (Å²) in [5.41, 5.74) is 0. The van der Waals surface area contributed by atoms with Crippen LogP contribution in [0.15, 0.2) is 0 Å². The summed E-state index contributed by atoms with van der Waals surface area (Å²) in [5.74, 6) is 3.72. The van der Waals surface area contributed by atoms with Crippen LogP contribution in [0.1, 0.15) is 74.7 Å². The molecule has 0 spiro atoms. The molecule has 0 radical (unpaired) electrons. The third-order valence-electron chi connectivity index (χ3n) is 4.94. The van der Waals surface area contributed by atoms with Crippen molar-refractivity contribution in [2.24, 2.45) is 23.7 Å². The van der Waals surface area contributed by atoms with Gasteiger partial charge in [-0.05, 0) is 0 Å². The van der Waals surface area contributed by atoms with Crippen molar-refractivity contribution in [2.45, 2.75) is 106 Å². The highest BCUT2D eigenvalue weighted by Gasteiger charge is 2.21. The fourth-order valence-electron chi connectivity index (χ4n) is 4.37. The highest BCUT2D eigenvalue weighted by molar-refractivity contribution is 6.59. The van der Waals surface area contributed by atoms with E-state index in [1.165, 1.54) is 6.42 Å². The Balaban J connectivity index is 4.00. The molecule has 0 nitrogen and oxygen atoms in total. The SMILES string of the molecule is CC(C)[CH2][Al]([CH2]CCC[CH2][Al]([CH2]C(C)C)[CH2]C(C)C)[CH2]C(C)C. The smallest absolute Gasteiger partial charge is 0.0938 e. The highest BCUT2D eigenvalue weighted by Crippen LogP contribution is 2.23. The topological polar surface area (TPSA) is 0 Å². The average Bonchev–Trinajstić information content (AvgIpc) is 2.34. The molecule has 0 aromatic rings. The molecule has 0 saturated heterocycles. The summed E-state index contributed by atoms with van der Waals surface area (Å²) in [5, 5.41) is 9.56. The van der Waals surface area contributed by atoms with Gasteiger partial charge in [-0.1, -0.05) is 130 Å². The van der Waals surface area contributed by atoms with E-state index in [0.717, 1.165) is 23.7 Å². The average molecular weight is 353 g/mol. The molecule has 0 unspecified atom stereocenters. The van der Waals surface area contributed by atoms with Crippen molar-refractivity contribution in [3.05, 3.63) is 0 Å². The standard InChI is InChI=1S/C5H10.4C4H9.2Al/c1-3-5-4-2;4*1-4(2)3;;/h1-5H2;4*4H,1H2,2-3H3;;. The van der Waals surface area contributed by atoms with E-state index in [9.17, 15) is 0 Å². The fourth-order valence-corrected chi connectivity index (χ4v) is 12.8. The van der Waals surface area contributed by atoms with Gasteiger partial charge in [-0.15, -0.1) is 0 Å². The molecule has 0 aromatic heterocycles. The molecule has 0 aliphatic carbocycles. The van der Waals surface area contributed by atoms with Gasteiger partial charge in [0.1, 0.15) is 0 Å². The molecule has 0 saturated carbocycles. The quantitative estimate of drug-likeness (QED) is 0.221. The highest BCUT2D eigenvalue weighted by atomic mass is 27.2. The molecule has 0 aliphatic heterocycles. The summed E-state index contributed by atoms with van der Waals surface area (Å²) in [6.07, 6.45) is 4.61. The second-order valence-electron chi connectivity index (χ2n) is 9.89. The predicted molar refractivity (Wildman–Crippen MR) is 114 cm³/mol. The molecule has 0 N–H and O–H groups in total. The third-order valence-corrected chi connectivity index (χ3v) is 13.8. The lowest BCUT2D eigenvalue weighted by Crippen LogP contribution is -2.18. The van der Waals surface area contributed by atoms with E-state index < -0.39 is 28.3 Å². The molecule has 0 aromatic carbocycles. The summed E-state index contributed by atoms with van der Waals surface area (Å²) in [6, 6.07) is 0. The lowest BCUT2D eigenvalue weighted by Gasteiger charge is -2.18. The Hall–Kier alpha value is 1.06. The Bertz CT molecular complexity index is 213. The van der Waals surface area contributed by atoms with Crippen LogP contribution in [0.2, 0.25) is 31.7 Å². The van der Waals surface area contributed by atoms with Crippen molar-refractivity contribution in [1.29, 1.82) is 0 Å². The first-order valence-corrected chi connectivity index (χ1v) is 15.6. The van der Waals surface area contributed by atoms with Crippen LogP contribution in [0.3, 0.4) is 0 Å². The van der Waals surface area contributed by atoms with Crippen LogP contribution in [-0.2, 0) is 0 Å². The summed E-state index contributed by atoms with van der Waals surface area (Å²) in [7, 11) is 0. The van der Waals surface area contributed by atoms with Crippen molar-refractivity contribution in [3.8, 4) is 0 Å². The van der Waals surface area contributed by atoms with Gasteiger partial charge < -0.3 is 0 Å². The monoisotopic (exact) mass is 352 g/mol. The lowest BCUT2D eigenvalue weighted by molar-refractivity contribution is 0.668. The molecule has 0 heterocycles. The van der Waals surface area contributed by atoms with E-state index in [4.69, 9.17) is 0 Å². The maximum Gasteiger partial charge on any atom is 0.262 e. The first-order chi connectivity index (χ1) is 10.7. The van der Waals surface area contributed by atoms with Crippen LogP contribution < -0.4 is 0 Å². The zero-order valence-corrected chi connectivity index (χ0v) is 20.1. The molecule has 0 amide bonds. The summed E-state index contributed by atoms with van der Waals surface area (Å²) in [4.78, 5) is 0. The van der Waals surface area contributed by atoms with Crippen LogP contribution in [0, 0.1) is 23.7 Å².